The highest BCUT2D eigenvalue weighted by Crippen LogP contribution is 2.36. The number of carbonyl (C=O) groups is 2. The van der Waals surface area contributed by atoms with Gasteiger partial charge in [0.15, 0.2) is 0 Å². The minimum atomic E-state index is -0.525. The molecule has 1 aliphatic heterocycles. The molecular formula is C28H25FN2O4. The van der Waals surface area contributed by atoms with Crippen LogP contribution in [0, 0.1) is 5.82 Å². The Labute approximate surface area is 202 Å². The molecule has 0 aliphatic carbocycles. The summed E-state index contributed by atoms with van der Waals surface area (Å²) in [6, 6.07) is 21.0. The van der Waals surface area contributed by atoms with Gasteiger partial charge in [0.05, 0.1) is 12.7 Å². The normalized spacial score (nSPS) is 14.2. The fraction of sp³-hybridized carbons (Fsp3) is 0.214. The highest BCUT2D eigenvalue weighted by molar-refractivity contribution is 6.08. The molecule has 5 rings (SSSR count). The number of methoxy groups -OCH3 is 1. The Balaban J connectivity index is 1.34. The molecule has 0 radical (unpaired) electrons. The highest BCUT2D eigenvalue weighted by Gasteiger charge is 2.28. The summed E-state index contributed by atoms with van der Waals surface area (Å²) in [5, 5.41) is 3.90. The van der Waals surface area contributed by atoms with Crippen molar-refractivity contribution < 1.29 is 23.1 Å². The molecule has 0 saturated carbocycles. The molecule has 0 spiro atoms. The van der Waals surface area contributed by atoms with Gasteiger partial charge in [0, 0.05) is 36.1 Å². The summed E-state index contributed by atoms with van der Waals surface area (Å²) < 4.78 is 25.4. The molecule has 1 aromatic heterocycles. The van der Waals surface area contributed by atoms with Crippen molar-refractivity contribution in [1.29, 1.82) is 0 Å². The van der Waals surface area contributed by atoms with Crippen LogP contribution in [0.3, 0.4) is 0 Å². The Bertz CT molecular complexity index is 1370. The predicted molar refractivity (Wildman–Crippen MR) is 131 cm³/mol. The molecule has 2 amide bonds. The maximum absolute atomic E-state index is 14.0. The first-order chi connectivity index (χ1) is 17.0. The van der Waals surface area contributed by atoms with E-state index < -0.39 is 5.82 Å². The quantitative estimate of drug-likeness (QED) is 0.429. The number of amides is 2. The Hall–Kier alpha value is -4.13. The minimum Gasteiger partial charge on any atom is -0.497 e. The molecule has 178 valence electrons. The second kappa shape index (κ2) is 9.62. The first-order valence-electron chi connectivity index (χ1n) is 11.6. The first kappa shape index (κ1) is 22.7. The van der Waals surface area contributed by atoms with Gasteiger partial charge < -0.3 is 19.4 Å². The van der Waals surface area contributed by atoms with Gasteiger partial charge in [0.25, 0.3) is 11.8 Å². The van der Waals surface area contributed by atoms with E-state index in [4.69, 9.17) is 9.15 Å². The summed E-state index contributed by atoms with van der Waals surface area (Å²) in [7, 11) is 1.58. The number of halogens is 1. The third-order valence-corrected chi connectivity index (χ3v) is 6.39. The van der Waals surface area contributed by atoms with E-state index in [0.717, 1.165) is 16.5 Å². The smallest absolute Gasteiger partial charge is 0.287 e. The number of hydrogen-bond acceptors (Lipinski definition) is 4. The number of likely N-dealkylation sites (tertiary alicyclic amines) is 1. The second-order valence-corrected chi connectivity index (χ2v) is 8.55. The summed E-state index contributed by atoms with van der Waals surface area (Å²) in [5.41, 5.74) is 2.25. The lowest BCUT2D eigenvalue weighted by Crippen LogP contribution is -2.46. The molecule has 3 aromatic carbocycles. The zero-order valence-electron chi connectivity index (χ0n) is 19.3. The van der Waals surface area contributed by atoms with Gasteiger partial charge in [-0.1, -0.05) is 42.5 Å². The fourth-order valence-corrected chi connectivity index (χ4v) is 4.54. The van der Waals surface area contributed by atoms with Crippen molar-refractivity contribution in [3.05, 3.63) is 89.9 Å². The van der Waals surface area contributed by atoms with Gasteiger partial charge in [-0.2, -0.15) is 0 Å². The molecule has 6 nitrogen and oxygen atoms in total. The molecular weight excluding hydrogens is 447 g/mol. The predicted octanol–water partition coefficient (Wildman–Crippen LogP) is 5.28. The fourth-order valence-electron chi connectivity index (χ4n) is 4.54. The molecule has 1 saturated heterocycles. The van der Waals surface area contributed by atoms with Gasteiger partial charge in [-0.25, -0.2) is 4.39 Å². The van der Waals surface area contributed by atoms with Crippen molar-refractivity contribution in [2.75, 3.05) is 20.2 Å². The Morgan fingerprint density at radius 1 is 1.00 bits per heavy atom. The van der Waals surface area contributed by atoms with Crippen LogP contribution in [0.2, 0.25) is 0 Å². The monoisotopic (exact) mass is 472 g/mol. The summed E-state index contributed by atoms with van der Waals surface area (Å²) in [4.78, 5) is 27.7. The van der Waals surface area contributed by atoms with Gasteiger partial charge in [0.2, 0.25) is 5.76 Å². The van der Waals surface area contributed by atoms with Crippen LogP contribution in [-0.2, 0) is 0 Å². The highest BCUT2D eigenvalue weighted by atomic mass is 19.1. The lowest BCUT2D eigenvalue weighted by atomic mass is 10.0. The van der Waals surface area contributed by atoms with Crippen LogP contribution in [0.1, 0.15) is 33.8 Å². The topological polar surface area (TPSA) is 71.8 Å². The molecule has 0 atom stereocenters. The zero-order valence-corrected chi connectivity index (χ0v) is 19.3. The minimum absolute atomic E-state index is 0.0696. The van der Waals surface area contributed by atoms with E-state index in [2.05, 4.69) is 5.32 Å². The number of nitrogens with one attached hydrogen (secondary N) is 1. The third-order valence-electron chi connectivity index (χ3n) is 6.39. The molecule has 4 aromatic rings. The number of furan rings is 1. The number of ether oxygens (including phenoxy) is 1. The Morgan fingerprint density at radius 2 is 1.71 bits per heavy atom. The van der Waals surface area contributed by atoms with E-state index in [9.17, 15) is 14.0 Å². The number of benzene rings is 3. The summed E-state index contributed by atoms with van der Waals surface area (Å²) >= 11 is 0. The molecule has 1 fully saturated rings. The Morgan fingerprint density at radius 3 is 2.43 bits per heavy atom. The molecule has 35 heavy (non-hydrogen) atoms. The van der Waals surface area contributed by atoms with Crippen LogP contribution < -0.4 is 10.1 Å². The molecule has 0 unspecified atom stereocenters. The number of nitrogens with zero attached hydrogens (tertiary/aromatic N) is 1. The first-order valence-corrected chi connectivity index (χ1v) is 11.6. The Kier molecular flexibility index (Phi) is 6.23. The van der Waals surface area contributed by atoms with Gasteiger partial charge in [-0.05, 0) is 42.7 Å². The van der Waals surface area contributed by atoms with E-state index in [1.807, 2.05) is 42.5 Å². The van der Waals surface area contributed by atoms with Gasteiger partial charge in [-0.15, -0.1) is 0 Å². The number of carbonyl (C=O) groups excluding carboxylic acids is 2. The number of piperidine rings is 1. The summed E-state index contributed by atoms with van der Waals surface area (Å²) in [6.07, 6.45) is 1.14. The van der Waals surface area contributed by atoms with E-state index in [-0.39, 0.29) is 29.2 Å². The van der Waals surface area contributed by atoms with Crippen molar-refractivity contribution in [3.8, 4) is 16.9 Å². The van der Waals surface area contributed by atoms with Crippen LogP contribution in [0.5, 0.6) is 5.75 Å². The SMILES string of the molecule is COc1ccc2c(-c3ccccc3)c(C(=O)NC3CCN(C(=O)c4ccccc4F)CC3)oc2c1. The van der Waals surface area contributed by atoms with Gasteiger partial charge >= 0.3 is 0 Å². The summed E-state index contributed by atoms with van der Waals surface area (Å²) in [5.74, 6) is -0.278. The third kappa shape index (κ3) is 4.49. The van der Waals surface area contributed by atoms with Gasteiger partial charge in [0.1, 0.15) is 17.1 Å². The average molecular weight is 473 g/mol. The molecule has 2 heterocycles. The number of rotatable bonds is 5. The van der Waals surface area contributed by atoms with E-state index in [0.29, 0.717) is 37.3 Å². The standard InChI is InChI=1S/C28H25FN2O4/c1-34-20-11-12-22-24(17-20)35-26(25(22)18-7-3-2-4-8-18)27(32)30-19-13-15-31(16-14-19)28(33)21-9-5-6-10-23(21)29/h2-12,17,19H,13-16H2,1H3,(H,30,32). The molecule has 1 N–H and O–H groups in total. The number of hydrogen-bond donors (Lipinski definition) is 1. The lowest BCUT2D eigenvalue weighted by molar-refractivity contribution is 0.0691. The van der Waals surface area contributed by atoms with E-state index >= 15 is 0 Å². The molecule has 0 bridgehead atoms. The van der Waals surface area contributed by atoms with E-state index in [1.54, 1.807) is 30.2 Å². The summed E-state index contributed by atoms with van der Waals surface area (Å²) in [6.45, 7) is 0.863. The van der Waals surface area contributed by atoms with Crippen molar-refractivity contribution >= 4 is 22.8 Å². The van der Waals surface area contributed by atoms with E-state index in [1.165, 1.54) is 12.1 Å². The van der Waals surface area contributed by atoms with Gasteiger partial charge in [-0.3, -0.25) is 9.59 Å². The second-order valence-electron chi connectivity index (χ2n) is 8.55. The van der Waals surface area contributed by atoms with Crippen molar-refractivity contribution in [2.45, 2.75) is 18.9 Å². The van der Waals surface area contributed by atoms with Crippen LogP contribution >= 0.6 is 0 Å². The van der Waals surface area contributed by atoms with Crippen molar-refractivity contribution in [3.63, 3.8) is 0 Å². The zero-order chi connectivity index (χ0) is 24.4. The average Bonchev–Trinajstić information content (AvgIpc) is 3.28. The number of fused-ring (bicyclic) bond motifs is 1. The molecule has 1 aliphatic rings. The molecule has 7 heteroatoms. The largest absolute Gasteiger partial charge is 0.497 e. The maximum atomic E-state index is 14.0. The van der Waals surface area contributed by atoms with Crippen molar-refractivity contribution in [1.82, 2.24) is 10.2 Å². The lowest BCUT2D eigenvalue weighted by Gasteiger charge is -2.32. The van der Waals surface area contributed by atoms with Crippen LogP contribution in [0.15, 0.2) is 77.2 Å². The van der Waals surface area contributed by atoms with Crippen LogP contribution in [0.4, 0.5) is 4.39 Å². The van der Waals surface area contributed by atoms with Crippen molar-refractivity contribution in [2.24, 2.45) is 0 Å². The van der Waals surface area contributed by atoms with Crippen LogP contribution in [0.25, 0.3) is 22.1 Å². The maximum Gasteiger partial charge on any atom is 0.287 e. The van der Waals surface area contributed by atoms with Crippen LogP contribution in [-0.4, -0.2) is 43.0 Å².